The summed E-state index contributed by atoms with van der Waals surface area (Å²) in [6.45, 7) is 6.61. The molecule has 0 aromatic heterocycles. The molecule has 1 amide bonds. The van der Waals surface area contributed by atoms with Gasteiger partial charge in [0, 0.05) is 6.54 Å². The second-order valence-electron chi connectivity index (χ2n) is 7.39. The van der Waals surface area contributed by atoms with Crippen molar-refractivity contribution in [1.82, 2.24) is 10.6 Å². The highest BCUT2D eigenvalue weighted by molar-refractivity contribution is 5.82. The second kappa shape index (κ2) is 7.10. The van der Waals surface area contributed by atoms with Crippen molar-refractivity contribution >= 4 is 5.91 Å². The highest BCUT2D eigenvalue weighted by Gasteiger charge is 2.40. The fourth-order valence-electron chi connectivity index (χ4n) is 4.20. The first-order valence-electron chi connectivity index (χ1n) is 8.71. The third kappa shape index (κ3) is 4.19. The summed E-state index contributed by atoms with van der Waals surface area (Å²) in [7, 11) is 0. The molecule has 1 saturated carbocycles. The highest BCUT2D eigenvalue weighted by Crippen LogP contribution is 2.35. The molecule has 1 aliphatic heterocycles. The lowest BCUT2D eigenvalue weighted by Crippen LogP contribution is -2.52. The van der Waals surface area contributed by atoms with E-state index in [1.807, 2.05) is 0 Å². The molecule has 0 spiro atoms. The van der Waals surface area contributed by atoms with Crippen molar-refractivity contribution in [2.24, 2.45) is 11.3 Å². The van der Waals surface area contributed by atoms with Crippen molar-refractivity contribution in [2.75, 3.05) is 19.6 Å². The Morgan fingerprint density at radius 2 is 2.05 bits per heavy atom. The summed E-state index contributed by atoms with van der Waals surface area (Å²) in [6.07, 6.45) is 7.72. The number of nitrogens with one attached hydrogen (secondary N) is 2. The van der Waals surface area contributed by atoms with Crippen LogP contribution < -0.4 is 10.6 Å². The molecule has 2 unspecified atom stereocenters. The molecule has 4 nitrogen and oxygen atoms in total. The van der Waals surface area contributed by atoms with Crippen LogP contribution in [0.15, 0.2) is 0 Å². The van der Waals surface area contributed by atoms with Gasteiger partial charge >= 0.3 is 0 Å². The minimum atomic E-state index is -0.687. The maximum Gasteiger partial charge on any atom is 0.226 e. The van der Waals surface area contributed by atoms with E-state index in [9.17, 15) is 9.90 Å². The van der Waals surface area contributed by atoms with E-state index in [2.05, 4.69) is 24.5 Å². The van der Waals surface area contributed by atoms with Crippen molar-refractivity contribution in [3.63, 3.8) is 0 Å². The topological polar surface area (TPSA) is 61.4 Å². The molecular weight excluding hydrogens is 264 g/mol. The third-order valence-corrected chi connectivity index (χ3v) is 5.42. The second-order valence-corrected chi connectivity index (χ2v) is 7.39. The monoisotopic (exact) mass is 296 g/mol. The van der Waals surface area contributed by atoms with Gasteiger partial charge in [0.2, 0.25) is 5.91 Å². The van der Waals surface area contributed by atoms with Gasteiger partial charge in [0.15, 0.2) is 0 Å². The van der Waals surface area contributed by atoms with Gasteiger partial charge < -0.3 is 15.7 Å². The zero-order chi connectivity index (χ0) is 15.3. The lowest BCUT2D eigenvalue weighted by molar-refractivity contribution is -0.135. The summed E-state index contributed by atoms with van der Waals surface area (Å²) < 4.78 is 0. The molecule has 0 aromatic rings. The number of rotatable bonds is 5. The van der Waals surface area contributed by atoms with Crippen molar-refractivity contribution in [3.8, 4) is 0 Å². The first kappa shape index (κ1) is 16.8. The Bertz CT molecular complexity index is 347. The Morgan fingerprint density at radius 1 is 1.33 bits per heavy atom. The zero-order valence-corrected chi connectivity index (χ0v) is 13.7. The third-order valence-electron chi connectivity index (χ3n) is 5.42. The maximum absolute atomic E-state index is 12.7. The van der Waals surface area contributed by atoms with Crippen molar-refractivity contribution in [1.29, 1.82) is 0 Å². The fraction of sp³-hybridized carbons (Fsp3) is 0.941. The number of hydrogen-bond donors (Lipinski definition) is 3. The highest BCUT2D eigenvalue weighted by atomic mass is 16.3. The van der Waals surface area contributed by atoms with Crippen LogP contribution in [0.25, 0.3) is 0 Å². The van der Waals surface area contributed by atoms with E-state index in [1.165, 1.54) is 6.42 Å². The van der Waals surface area contributed by atoms with Crippen LogP contribution >= 0.6 is 0 Å². The first-order valence-corrected chi connectivity index (χ1v) is 8.71. The van der Waals surface area contributed by atoms with E-state index in [0.29, 0.717) is 12.5 Å². The van der Waals surface area contributed by atoms with Crippen LogP contribution in [0, 0.1) is 11.3 Å². The quantitative estimate of drug-likeness (QED) is 0.729. The van der Waals surface area contributed by atoms with Crippen LogP contribution in [-0.4, -0.2) is 36.2 Å². The zero-order valence-electron chi connectivity index (χ0n) is 13.7. The van der Waals surface area contributed by atoms with Crippen LogP contribution in [-0.2, 0) is 4.79 Å². The number of carbonyl (C=O) groups excluding carboxylic acids is 1. The average molecular weight is 296 g/mol. The molecule has 21 heavy (non-hydrogen) atoms. The molecule has 0 radical (unpaired) electrons. The maximum atomic E-state index is 12.7. The Hall–Kier alpha value is -0.610. The minimum Gasteiger partial charge on any atom is -0.388 e. The van der Waals surface area contributed by atoms with Gasteiger partial charge in [0.05, 0.1) is 11.0 Å². The molecular formula is C17H32N2O2. The van der Waals surface area contributed by atoms with Gasteiger partial charge in [0.25, 0.3) is 0 Å². The Balaban J connectivity index is 1.92. The summed E-state index contributed by atoms with van der Waals surface area (Å²) >= 11 is 0. The van der Waals surface area contributed by atoms with E-state index in [-0.39, 0.29) is 11.3 Å². The number of aliphatic hydroxyl groups is 1. The molecule has 1 aliphatic carbocycles. The van der Waals surface area contributed by atoms with Crippen LogP contribution in [0.3, 0.4) is 0 Å². The summed E-state index contributed by atoms with van der Waals surface area (Å²) in [5.74, 6) is 0.724. The molecule has 1 heterocycles. The lowest BCUT2D eigenvalue weighted by Gasteiger charge is -2.39. The molecule has 4 heteroatoms. The van der Waals surface area contributed by atoms with E-state index in [0.717, 1.165) is 58.0 Å². The van der Waals surface area contributed by atoms with Crippen LogP contribution in [0.5, 0.6) is 0 Å². The minimum absolute atomic E-state index is 0.164. The normalized spacial score (nSPS) is 32.6. The Kier molecular flexibility index (Phi) is 5.67. The molecule has 2 atom stereocenters. The molecule has 0 aromatic carbocycles. The van der Waals surface area contributed by atoms with Crippen LogP contribution in [0.1, 0.15) is 65.2 Å². The predicted molar refractivity (Wildman–Crippen MR) is 85.0 cm³/mol. The molecule has 2 rings (SSSR count). The number of carbonyl (C=O) groups is 1. The van der Waals surface area contributed by atoms with Gasteiger partial charge in [-0.25, -0.2) is 0 Å². The average Bonchev–Trinajstić information content (AvgIpc) is 2.46. The largest absolute Gasteiger partial charge is 0.388 e. The summed E-state index contributed by atoms with van der Waals surface area (Å²) in [5, 5.41) is 17.1. The van der Waals surface area contributed by atoms with E-state index < -0.39 is 5.60 Å². The summed E-state index contributed by atoms with van der Waals surface area (Å²) in [4.78, 5) is 12.7. The number of piperidine rings is 1. The molecule has 2 aliphatic rings. The molecule has 3 N–H and O–H groups in total. The number of amides is 1. The van der Waals surface area contributed by atoms with Gasteiger partial charge in [0.1, 0.15) is 0 Å². The fourth-order valence-corrected chi connectivity index (χ4v) is 4.20. The van der Waals surface area contributed by atoms with Gasteiger partial charge in [-0.1, -0.05) is 33.1 Å². The van der Waals surface area contributed by atoms with Gasteiger partial charge in [-0.15, -0.1) is 0 Å². The standard InChI is InChI=1S/C17H32N2O2/c1-3-6-16(8-10-18-11-9-16)15(20)19-13-17(21)7-4-5-14(2)12-17/h14,18,21H,3-13H2,1-2H3,(H,19,20). The van der Waals surface area contributed by atoms with Gasteiger partial charge in [-0.2, -0.15) is 0 Å². The molecule has 122 valence electrons. The SMILES string of the molecule is CCCC1(C(=O)NCC2(O)CCCC(C)C2)CCNCC1. The first-order chi connectivity index (χ1) is 10.00. The number of hydrogen-bond acceptors (Lipinski definition) is 3. The lowest BCUT2D eigenvalue weighted by atomic mass is 9.74. The van der Waals surface area contributed by atoms with E-state index in [1.54, 1.807) is 0 Å². The van der Waals surface area contributed by atoms with E-state index in [4.69, 9.17) is 0 Å². The summed E-state index contributed by atoms with van der Waals surface area (Å²) in [6, 6.07) is 0. The van der Waals surface area contributed by atoms with Crippen molar-refractivity contribution in [3.05, 3.63) is 0 Å². The smallest absolute Gasteiger partial charge is 0.226 e. The van der Waals surface area contributed by atoms with Gasteiger partial charge in [-0.05, 0) is 51.1 Å². The van der Waals surface area contributed by atoms with Crippen molar-refractivity contribution < 1.29 is 9.90 Å². The van der Waals surface area contributed by atoms with E-state index >= 15 is 0 Å². The Morgan fingerprint density at radius 3 is 2.67 bits per heavy atom. The van der Waals surface area contributed by atoms with Crippen molar-refractivity contribution in [2.45, 2.75) is 70.8 Å². The molecule has 1 saturated heterocycles. The molecule has 2 fully saturated rings. The Labute approximate surface area is 129 Å². The van der Waals surface area contributed by atoms with Crippen LogP contribution in [0.4, 0.5) is 0 Å². The predicted octanol–water partition coefficient (Wildman–Crippen LogP) is 2.21. The summed E-state index contributed by atoms with van der Waals surface area (Å²) in [5.41, 5.74) is -0.899. The van der Waals surface area contributed by atoms with Crippen LogP contribution in [0.2, 0.25) is 0 Å². The molecule has 0 bridgehead atoms. The van der Waals surface area contributed by atoms with Gasteiger partial charge in [-0.3, -0.25) is 4.79 Å².